The van der Waals surface area contributed by atoms with Gasteiger partial charge in [0.15, 0.2) is 23.0 Å². The highest BCUT2D eigenvalue weighted by atomic mass is 16.5. The zero-order valence-corrected chi connectivity index (χ0v) is 46.1. The van der Waals surface area contributed by atoms with E-state index < -0.39 is 34.9 Å². The van der Waals surface area contributed by atoms with Crippen LogP contribution in [0, 0.1) is 40.9 Å². The maximum atomic E-state index is 15.3. The average Bonchev–Trinajstić information content (AvgIpc) is 2.45. The molecule has 12 unspecified atom stereocenters. The fourth-order valence-corrected chi connectivity index (χ4v) is 18.6. The summed E-state index contributed by atoms with van der Waals surface area (Å²) >= 11 is 0. The first-order valence-electron chi connectivity index (χ1n) is 30.0. The van der Waals surface area contributed by atoms with Crippen molar-refractivity contribution in [2.45, 2.75) is 157 Å². The molecule has 1 aromatic heterocycles. The molecular weight excluding hydrogens is 1020 g/mol. The van der Waals surface area contributed by atoms with Crippen LogP contribution in [0.1, 0.15) is 159 Å². The first kappa shape index (κ1) is 53.6. The van der Waals surface area contributed by atoms with Gasteiger partial charge in [-0.15, -0.1) is 0 Å². The molecule has 1 heterocycles. The van der Waals surface area contributed by atoms with Crippen LogP contribution in [0.15, 0.2) is 103 Å². The van der Waals surface area contributed by atoms with Crippen LogP contribution in [0.2, 0.25) is 0 Å². The van der Waals surface area contributed by atoms with E-state index in [2.05, 4.69) is 41.5 Å². The van der Waals surface area contributed by atoms with Gasteiger partial charge in [0.25, 0.3) is 0 Å². The number of nitrogens with one attached hydrogen (secondary N) is 1. The molecule has 11 N–H and O–H groups in total. The van der Waals surface area contributed by atoms with Gasteiger partial charge in [0.2, 0.25) is 5.75 Å². The molecule has 6 aromatic rings. The van der Waals surface area contributed by atoms with Gasteiger partial charge in [-0.1, -0.05) is 67.8 Å². The molecule has 5 saturated carbocycles. The van der Waals surface area contributed by atoms with Crippen molar-refractivity contribution in [3.8, 4) is 57.3 Å². The van der Waals surface area contributed by atoms with Crippen LogP contribution >= 0.6 is 0 Å². The number of ketones is 1. The lowest BCUT2D eigenvalue weighted by atomic mass is 9.47. The second-order valence-electron chi connectivity index (χ2n) is 25.9. The van der Waals surface area contributed by atoms with E-state index in [9.17, 15) is 40.9 Å². The molecule has 13 nitrogen and oxygen atoms in total. The van der Waals surface area contributed by atoms with E-state index in [1.54, 1.807) is 48.5 Å². The highest BCUT2D eigenvalue weighted by molar-refractivity contribution is 5.82. The number of carbonyl (C=O) groups excluding carboxylic acids is 1. The zero-order chi connectivity index (χ0) is 56.0. The molecule has 13 heteroatoms. The Hall–Kier alpha value is -6.67. The van der Waals surface area contributed by atoms with Crippen LogP contribution in [0.3, 0.4) is 0 Å². The number of rotatable bonds is 15. The summed E-state index contributed by atoms with van der Waals surface area (Å²) in [6.45, 7) is -0.128. The minimum absolute atomic E-state index is 0.00505. The van der Waals surface area contributed by atoms with Crippen molar-refractivity contribution in [2.24, 2.45) is 46.7 Å². The first-order chi connectivity index (χ1) is 39.2. The van der Waals surface area contributed by atoms with Crippen molar-refractivity contribution in [3.63, 3.8) is 0 Å². The number of nitrogens with two attached hydrogens (primary N) is 1. The predicted octanol–water partition coefficient (Wildman–Crippen LogP) is 12.1. The molecule has 426 valence electrons. The summed E-state index contributed by atoms with van der Waals surface area (Å²) in [7, 11) is 0. The number of aliphatic hydroxyl groups is 2. The van der Waals surface area contributed by atoms with Gasteiger partial charge in [-0.3, -0.25) is 10.5 Å². The highest BCUT2D eigenvalue weighted by Crippen LogP contribution is 2.77. The van der Waals surface area contributed by atoms with Gasteiger partial charge in [-0.25, -0.2) is 0 Å². The number of ether oxygens (including phenoxy) is 2. The van der Waals surface area contributed by atoms with Gasteiger partial charge in [-0.05, 0) is 213 Å². The number of benzene rings is 5. The fourth-order valence-electron chi connectivity index (χ4n) is 18.6. The Balaban J connectivity index is 0.967. The Morgan fingerprint density at radius 3 is 2.40 bits per heavy atom. The first-order valence-corrected chi connectivity index (χ1v) is 30.0. The minimum atomic E-state index is -1.12. The average molecular weight is 1100 g/mol. The third-order valence-corrected chi connectivity index (χ3v) is 21.8. The van der Waals surface area contributed by atoms with Gasteiger partial charge >= 0.3 is 0 Å². The second-order valence-corrected chi connectivity index (χ2v) is 25.9. The number of aromatic hydroxyl groups is 6. The molecule has 0 saturated heterocycles. The van der Waals surface area contributed by atoms with E-state index in [1.165, 1.54) is 35.2 Å². The summed E-state index contributed by atoms with van der Waals surface area (Å²) in [4.78, 5) is 19.0. The third kappa shape index (κ3) is 9.20. The molecule has 0 radical (unpaired) electrons. The quantitative estimate of drug-likeness (QED) is 0.0341. The van der Waals surface area contributed by atoms with E-state index in [0.717, 1.165) is 93.0 Å². The number of H-pyrrole nitrogens is 1. The van der Waals surface area contributed by atoms with E-state index >= 15 is 4.79 Å². The van der Waals surface area contributed by atoms with Crippen LogP contribution in [-0.4, -0.2) is 70.1 Å². The Morgan fingerprint density at radius 1 is 0.753 bits per heavy atom. The van der Waals surface area contributed by atoms with Crippen molar-refractivity contribution in [2.75, 3.05) is 6.73 Å². The number of carbonyl (C=O) groups is 1. The van der Waals surface area contributed by atoms with E-state index in [0.29, 0.717) is 49.1 Å². The standard InChI is InChI=1S/C68H78N2O11/c69-37-81-57-28-38(12-16-54(57)74)11-15-53(73)49-30-42(29-41-13-14-45(72)33-55(41)75)48-31-43-32-52(59(60(48)62(49)77)50-34-56(76)63(78)64(58(43)50)80-36-40-7-6-8-44(71)27-40)68-25-24-66(22-17-39(35-66)18-23-67(79)20-4-1-5-21-67)65(68)47-19-26-70-61(47)46-9-2-3-10-51(46)68/h2-3,6-10,12-14,16,19,26-28,33-34,39,42-43,48-49,52,59-60,62,65,70-72,74-79H,1,4-5,11,15,17-18,20-25,29-32,35-37,69H2. The summed E-state index contributed by atoms with van der Waals surface area (Å²) in [5.41, 5.74) is 13.2. The molecule has 5 fully saturated rings. The predicted molar refractivity (Wildman–Crippen MR) is 307 cm³/mol. The molecule has 2 bridgehead atoms. The van der Waals surface area contributed by atoms with Crippen LogP contribution in [-0.2, 0) is 29.7 Å². The molecule has 12 atom stereocenters. The largest absolute Gasteiger partial charge is 0.508 e. The lowest BCUT2D eigenvalue weighted by Crippen LogP contribution is -2.53. The van der Waals surface area contributed by atoms with Crippen molar-refractivity contribution in [3.05, 3.63) is 142 Å². The Kier molecular flexibility index (Phi) is 13.9. The molecule has 81 heavy (non-hydrogen) atoms. The Bertz CT molecular complexity index is 3350. The third-order valence-electron chi connectivity index (χ3n) is 21.8. The Labute approximate surface area is 473 Å². The van der Waals surface area contributed by atoms with Gasteiger partial charge in [0, 0.05) is 52.8 Å². The van der Waals surface area contributed by atoms with Crippen LogP contribution < -0.4 is 15.2 Å². The number of aryl methyl sites for hydroxylation is 1. The molecule has 8 aliphatic rings. The summed E-state index contributed by atoms with van der Waals surface area (Å²) in [5, 5.41) is 92.8. The normalized spacial score (nSPS) is 30.4. The molecule has 0 amide bonds. The zero-order valence-electron chi connectivity index (χ0n) is 46.1. The summed E-state index contributed by atoms with van der Waals surface area (Å²) in [5.74, 6) is -2.51. The second kappa shape index (κ2) is 20.9. The number of hydrogen-bond donors (Lipinski definition) is 10. The van der Waals surface area contributed by atoms with Gasteiger partial charge in [0.05, 0.1) is 11.7 Å². The number of phenolic OH excluding ortho intramolecular Hbond substituents is 6. The topological polar surface area (TPSA) is 239 Å². The van der Waals surface area contributed by atoms with Gasteiger partial charge in [-0.2, -0.15) is 0 Å². The molecule has 0 aliphatic heterocycles. The number of Topliss-reactive ketones (excluding diaryl/α,β-unsaturated/α-hetero) is 1. The lowest BCUT2D eigenvalue weighted by molar-refractivity contribution is -0.136. The Morgan fingerprint density at radius 2 is 1.58 bits per heavy atom. The fraction of sp³-hybridized carbons (Fsp3) is 0.485. The summed E-state index contributed by atoms with van der Waals surface area (Å²) in [6, 6.07) is 29.4. The molecule has 1 spiro atoms. The van der Waals surface area contributed by atoms with Gasteiger partial charge in [0.1, 0.15) is 36.4 Å². The van der Waals surface area contributed by atoms with Crippen molar-refractivity contribution < 1.29 is 55.1 Å². The van der Waals surface area contributed by atoms with Crippen molar-refractivity contribution in [1.82, 2.24) is 4.98 Å². The van der Waals surface area contributed by atoms with Crippen molar-refractivity contribution in [1.29, 1.82) is 0 Å². The number of hydrogen-bond acceptors (Lipinski definition) is 12. The van der Waals surface area contributed by atoms with E-state index in [-0.39, 0.29) is 107 Å². The minimum Gasteiger partial charge on any atom is -0.508 e. The smallest absolute Gasteiger partial charge is 0.200 e. The molecule has 14 rings (SSSR count). The number of aromatic amines is 1. The van der Waals surface area contributed by atoms with Crippen molar-refractivity contribution >= 4 is 5.78 Å². The maximum Gasteiger partial charge on any atom is 0.200 e. The molecule has 8 aliphatic carbocycles. The maximum absolute atomic E-state index is 15.3. The van der Waals surface area contributed by atoms with Gasteiger partial charge < -0.3 is 55.3 Å². The van der Waals surface area contributed by atoms with Crippen LogP contribution in [0.25, 0.3) is 11.3 Å². The van der Waals surface area contributed by atoms with E-state index in [4.69, 9.17) is 15.2 Å². The summed E-state index contributed by atoms with van der Waals surface area (Å²) in [6.07, 6.45) is 15.5. The SMILES string of the molecule is NCOc1cc(CCC(=O)C2CC(Cc3ccc(O)cc3O)C3CC4CC(C56CCC7(CCC(CCC8(O)CCCCC8)C7)C5c5cc[nH]c5-c5ccccc56)C(c5cc(O)c(O)c(OCc6cccc(O)c6)c54)C3C2O)ccc1O. The molecule has 5 aromatic carbocycles. The number of aromatic nitrogens is 1. The van der Waals surface area contributed by atoms with E-state index in [1.807, 2.05) is 6.07 Å². The van der Waals surface area contributed by atoms with Crippen LogP contribution in [0.5, 0.6) is 46.0 Å². The van der Waals surface area contributed by atoms with Crippen LogP contribution in [0.4, 0.5) is 0 Å². The number of fused-ring (bicyclic) bond motifs is 9. The highest BCUT2D eigenvalue weighted by Gasteiger charge is 2.69. The lowest BCUT2D eigenvalue weighted by Gasteiger charge is -2.56. The number of aliphatic hydroxyl groups excluding tert-OH is 1. The molecular formula is C68H78N2O11. The summed E-state index contributed by atoms with van der Waals surface area (Å²) < 4.78 is 12.2. The monoisotopic (exact) mass is 1100 g/mol. The number of phenols is 6.